The standard InChI is InChI=1S/C22H24N2O4/c1-4-16(14-9-7-6-8-10-14)21(25)24-19-17-13-15(27-3)11-12-18(17)23-20(19)22(26)28-5-2/h6-13,16,23H,4-5H2,1-3H3,(H,24,25). The van der Waals surface area contributed by atoms with Crippen LogP contribution in [0.1, 0.15) is 42.2 Å². The Morgan fingerprint density at radius 3 is 2.50 bits per heavy atom. The number of H-pyrrole nitrogens is 1. The van der Waals surface area contributed by atoms with Crippen molar-refractivity contribution in [3.8, 4) is 5.75 Å². The van der Waals surface area contributed by atoms with Crippen LogP contribution in [0.2, 0.25) is 0 Å². The van der Waals surface area contributed by atoms with E-state index < -0.39 is 5.97 Å². The van der Waals surface area contributed by atoms with Crippen molar-refractivity contribution in [1.82, 2.24) is 4.98 Å². The minimum Gasteiger partial charge on any atom is -0.497 e. The zero-order valence-electron chi connectivity index (χ0n) is 16.2. The van der Waals surface area contributed by atoms with Gasteiger partial charge in [-0.2, -0.15) is 0 Å². The molecule has 0 saturated heterocycles. The number of aromatic nitrogens is 1. The molecule has 6 heteroatoms. The SMILES string of the molecule is CCOC(=O)c1[nH]c2ccc(OC)cc2c1NC(=O)C(CC)c1ccccc1. The Kier molecular flexibility index (Phi) is 5.99. The Morgan fingerprint density at radius 1 is 1.11 bits per heavy atom. The molecule has 0 aliphatic carbocycles. The summed E-state index contributed by atoms with van der Waals surface area (Å²) in [7, 11) is 1.57. The first-order chi connectivity index (χ1) is 13.6. The Hall–Kier alpha value is -3.28. The molecule has 3 rings (SSSR count). The highest BCUT2D eigenvalue weighted by Crippen LogP contribution is 2.33. The minimum atomic E-state index is -0.513. The molecule has 0 saturated carbocycles. The van der Waals surface area contributed by atoms with Crippen molar-refractivity contribution in [3.05, 3.63) is 59.8 Å². The van der Waals surface area contributed by atoms with Crippen molar-refractivity contribution in [2.24, 2.45) is 0 Å². The molecule has 1 unspecified atom stereocenters. The van der Waals surface area contributed by atoms with Crippen molar-refractivity contribution < 1.29 is 19.1 Å². The second-order valence-electron chi connectivity index (χ2n) is 6.37. The fraction of sp³-hybridized carbons (Fsp3) is 0.273. The zero-order chi connectivity index (χ0) is 20.1. The number of amides is 1. The number of nitrogens with one attached hydrogen (secondary N) is 2. The number of esters is 1. The van der Waals surface area contributed by atoms with Gasteiger partial charge >= 0.3 is 5.97 Å². The monoisotopic (exact) mass is 380 g/mol. The average molecular weight is 380 g/mol. The number of methoxy groups -OCH3 is 1. The van der Waals surface area contributed by atoms with E-state index in [-0.39, 0.29) is 24.1 Å². The molecule has 0 aliphatic heterocycles. The van der Waals surface area contributed by atoms with Gasteiger partial charge in [0.25, 0.3) is 0 Å². The van der Waals surface area contributed by atoms with Crippen LogP contribution in [0.3, 0.4) is 0 Å². The number of ether oxygens (including phenoxy) is 2. The minimum absolute atomic E-state index is 0.178. The summed E-state index contributed by atoms with van der Waals surface area (Å²) in [5.41, 5.74) is 2.28. The van der Waals surface area contributed by atoms with Crippen molar-refractivity contribution in [3.63, 3.8) is 0 Å². The number of anilines is 1. The van der Waals surface area contributed by atoms with Crippen molar-refractivity contribution >= 4 is 28.5 Å². The Labute approximate surface area is 163 Å². The average Bonchev–Trinajstić information content (AvgIpc) is 3.07. The number of carbonyl (C=O) groups is 2. The van der Waals surface area contributed by atoms with E-state index in [1.807, 2.05) is 37.3 Å². The van der Waals surface area contributed by atoms with E-state index in [1.54, 1.807) is 32.2 Å². The zero-order valence-corrected chi connectivity index (χ0v) is 16.2. The molecule has 1 heterocycles. The molecule has 0 aliphatic rings. The summed E-state index contributed by atoms with van der Waals surface area (Å²) < 4.78 is 10.4. The molecule has 0 fully saturated rings. The van der Waals surface area contributed by atoms with Crippen LogP contribution in [0.15, 0.2) is 48.5 Å². The first-order valence-electron chi connectivity index (χ1n) is 9.31. The topological polar surface area (TPSA) is 80.4 Å². The molecule has 1 amide bonds. The maximum Gasteiger partial charge on any atom is 0.356 e. The first kappa shape index (κ1) is 19.5. The summed E-state index contributed by atoms with van der Waals surface area (Å²) in [6, 6.07) is 15.0. The van der Waals surface area contributed by atoms with Crippen molar-refractivity contribution in [2.75, 3.05) is 19.0 Å². The van der Waals surface area contributed by atoms with Crippen LogP contribution in [-0.4, -0.2) is 30.6 Å². The summed E-state index contributed by atoms with van der Waals surface area (Å²) >= 11 is 0. The smallest absolute Gasteiger partial charge is 0.356 e. The number of hydrogen-bond donors (Lipinski definition) is 2. The molecule has 146 valence electrons. The third kappa shape index (κ3) is 3.86. The van der Waals surface area contributed by atoms with E-state index in [0.717, 1.165) is 5.56 Å². The Morgan fingerprint density at radius 2 is 1.86 bits per heavy atom. The van der Waals surface area contributed by atoms with E-state index in [2.05, 4.69) is 10.3 Å². The number of aromatic amines is 1. The van der Waals surface area contributed by atoms with Gasteiger partial charge in [-0.25, -0.2) is 4.79 Å². The van der Waals surface area contributed by atoms with Gasteiger partial charge in [0.15, 0.2) is 0 Å². The lowest BCUT2D eigenvalue weighted by Gasteiger charge is -2.16. The number of hydrogen-bond acceptors (Lipinski definition) is 4. The van der Waals surface area contributed by atoms with Gasteiger partial charge in [-0.3, -0.25) is 4.79 Å². The molecular weight excluding hydrogens is 356 g/mol. The summed E-state index contributed by atoms with van der Waals surface area (Å²) in [6.45, 7) is 3.94. The highest BCUT2D eigenvalue weighted by molar-refractivity contribution is 6.12. The molecular formula is C22H24N2O4. The largest absolute Gasteiger partial charge is 0.497 e. The van der Waals surface area contributed by atoms with E-state index in [1.165, 1.54) is 0 Å². The van der Waals surface area contributed by atoms with E-state index in [9.17, 15) is 9.59 Å². The first-order valence-corrected chi connectivity index (χ1v) is 9.31. The molecule has 6 nitrogen and oxygen atoms in total. The highest BCUT2D eigenvalue weighted by Gasteiger charge is 2.25. The van der Waals surface area contributed by atoms with Crippen molar-refractivity contribution in [2.45, 2.75) is 26.2 Å². The Bertz CT molecular complexity index is 979. The number of carbonyl (C=O) groups excluding carboxylic acids is 2. The van der Waals surface area contributed by atoms with Crippen LogP contribution >= 0.6 is 0 Å². The predicted octanol–water partition coefficient (Wildman–Crippen LogP) is 4.49. The fourth-order valence-corrected chi connectivity index (χ4v) is 3.25. The van der Waals surface area contributed by atoms with Gasteiger partial charge in [0, 0.05) is 10.9 Å². The molecule has 0 radical (unpaired) electrons. The predicted molar refractivity (Wildman–Crippen MR) is 109 cm³/mol. The van der Waals surface area contributed by atoms with Crippen LogP contribution in [0.4, 0.5) is 5.69 Å². The van der Waals surface area contributed by atoms with E-state index in [0.29, 0.717) is 28.8 Å². The lowest BCUT2D eigenvalue weighted by Crippen LogP contribution is -2.22. The summed E-state index contributed by atoms with van der Waals surface area (Å²) in [5.74, 6) is -0.386. The van der Waals surface area contributed by atoms with Crippen molar-refractivity contribution in [1.29, 1.82) is 0 Å². The third-order valence-electron chi connectivity index (χ3n) is 4.66. The van der Waals surface area contributed by atoms with Gasteiger partial charge in [0.2, 0.25) is 5.91 Å². The molecule has 1 aromatic heterocycles. The normalized spacial score (nSPS) is 11.8. The summed E-state index contributed by atoms with van der Waals surface area (Å²) in [5, 5.41) is 3.64. The fourth-order valence-electron chi connectivity index (χ4n) is 3.25. The molecule has 1 atom stereocenters. The molecule has 0 spiro atoms. The number of benzene rings is 2. The van der Waals surface area contributed by atoms with Crippen LogP contribution in [-0.2, 0) is 9.53 Å². The van der Waals surface area contributed by atoms with Crippen LogP contribution in [0, 0.1) is 0 Å². The summed E-state index contributed by atoms with van der Waals surface area (Å²) in [4.78, 5) is 28.6. The Balaban J connectivity index is 2.03. The van der Waals surface area contributed by atoms with Crippen LogP contribution < -0.4 is 10.1 Å². The highest BCUT2D eigenvalue weighted by atomic mass is 16.5. The lowest BCUT2D eigenvalue weighted by molar-refractivity contribution is -0.117. The van der Waals surface area contributed by atoms with Gasteiger partial charge in [0.05, 0.1) is 25.3 Å². The maximum atomic E-state index is 13.1. The molecule has 2 aromatic carbocycles. The van der Waals surface area contributed by atoms with Gasteiger partial charge < -0.3 is 19.8 Å². The molecule has 3 aromatic rings. The van der Waals surface area contributed by atoms with Gasteiger partial charge in [-0.15, -0.1) is 0 Å². The quantitative estimate of drug-likeness (QED) is 0.592. The second kappa shape index (κ2) is 8.61. The van der Waals surface area contributed by atoms with Crippen LogP contribution in [0.25, 0.3) is 10.9 Å². The van der Waals surface area contributed by atoms with Gasteiger partial charge in [-0.1, -0.05) is 37.3 Å². The van der Waals surface area contributed by atoms with Crippen LogP contribution in [0.5, 0.6) is 5.75 Å². The molecule has 0 bridgehead atoms. The van der Waals surface area contributed by atoms with E-state index in [4.69, 9.17) is 9.47 Å². The molecule has 2 N–H and O–H groups in total. The maximum absolute atomic E-state index is 13.1. The second-order valence-corrected chi connectivity index (χ2v) is 6.37. The number of fused-ring (bicyclic) bond motifs is 1. The molecule has 28 heavy (non-hydrogen) atoms. The van der Waals surface area contributed by atoms with Gasteiger partial charge in [0.1, 0.15) is 11.4 Å². The van der Waals surface area contributed by atoms with E-state index >= 15 is 0 Å². The number of rotatable bonds is 7. The summed E-state index contributed by atoms with van der Waals surface area (Å²) in [6.07, 6.45) is 0.635. The lowest BCUT2D eigenvalue weighted by atomic mass is 9.95. The third-order valence-corrected chi connectivity index (χ3v) is 4.66. The van der Waals surface area contributed by atoms with Gasteiger partial charge in [-0.05, 0) is 37.1 Å².